The third-order valence-electron chi connectivity index (χ3n) is 4.81. The lowest BCUT2D eigenvalue weighted by molar-refractivity contribution is -0.117. The molecular weight excluding hydrogens is 384 g/mol. The maximum atomic E-state index is 12.4. The number of rotatable bonds is 10. The molecule has 1 amide bonds. The van der Waals surface area contributed by atoms with Crippen molar-refractivity contribution < 1.29 is 9.53 Å². The molecule has 0 fully saturated rings. The van der Waals surface area contributed by atoms with Gasteiger partial charge in [0.05, 0.1) is 17.7 Å². The van der Waals surface area contributed by atoms with Crippen LogP contribution in [0.4, 0.5) is 0 Å². The van der Waals surface area contributed by atoms with Gasteiger partial charge in [0.1, 0.15) is 11.6 Å². The van der Waals surface area contributed by atoms with E-state index in [1.165, 1.54) is 0 Å². The van der Waals surface area contributed by atoms with E-state index >= 15 is 0 Å². The molecule has 0 aliphatic heterocycles. The minimum atomic E-state index is -0.327. The Labute approximate surface area is 177 Å². The number of nitrogens with one attached hydrogen (secondary N) is 1. The highest BCUT2D eigenvalue weighted by Crippen LogP contribution is 2.22. The molecule has 0 aliphatic rings. The Morgan fingerprint density at radius 2 is 2.17 bits per heavy atom. The molecule has 29 heavy (non-hydrogen) atoms. The first-order chi connectivity index (χ1) is 13.9. The van der Waals surface area contributed by atoms with Crippen LogP contribution in [-0.4, -0.2) is 35.7 Å². The van der Waals surface area contributed by atoms with Gasteiger partial charge in [-0.05, 0) is 64.7 Å². The summed E-state index contributed by atoms with van der Waals surface area (Å²) >= 11 is 1.67. The number of aromatic nitrogens is 2. The Hall–Kier alpha value is -2.43. The molecule has 1 atom stereocenters. The van der Waals surface area contributed by atoms with Gasteiger partial charge >= 0.3 is 0 Å². The molecule has 0 saturated heterocycles. The van der Waals surface area contributed by atoms with Crippen LogP contribution in [-0.2, 0) is 16.0 Å². The van der Waals surface area contributed by atoms with Crippen molar-refractivity contribution in [3.63, 3.8) is 0 Å². The van der Waals surface area contributed by atoms with E-state index in [1.807, 2.05) is 38.3 Å². The van der Waals surface area contributed by atoms with Crippen LogP contribution in [0.1, 0.15) is 53.5 Å². The fraction of sp³-hybridized carbons (Fsp3) is 0.500. The minimum Gasteiger partial charge on any atom is -0.383 e. The van der Waals surface area contributed by atoms with E-state index in [1.54, 1.807) is 24.5 Å². The number of nitriles is 1. The molecule has 0 spiro atoms. The minimum absolute atomic E-state index is 0.125. The fourth-order valence-corrected chi connectivity index (χ4v) is 4.28. The van der Waals surface area contributed by atoms with Crippen molar-refractivity contribution in [1.29, 1.82) is 5.26 Å². The first kappa shape index (κ1) is 22.9. The summed E-state index contributed by atoms with van der Waals surface area (Å²) in [5.74, 6) is -0.327. The van der Waals surface area contributed by atoms with Gasteiger partial charge in [-0.3, -0.25) is 4.79 Å². The molecule has 0 aromatic carbocycles. The zero-order valence-electron chi connectivity index (χ0n) is 17.9. The van der Waals surface area contributed by atoms with Gasteiger partial charge in [-0.1, -0.05) is 0 Å². The van der Waals surface area contributed by atoms with Gasteiger partial charge < -0.3 is 14.6 Å². The zero-order chi connectivity index (χ0) is 21.4. The molecule has 2 heterocycles. The molecule has 156 valence electrons. The molecule has 0 saturated carbocycles. The van der Waals surface area contributed by atoms with Crippen LogP contribution in [0, 0.1) is 32.1 Å². The number of hydrogen-bond acceptors (Lipinski definition) is 5. The van der Waals surface area contributed by atoms with Gasteiger partial charge in [0.2, 0.25) is 0 Å². The number of hydrogen-bond donors (Lipinski definition) is 1. The van der Waals surface area contributed by atoms with Gasteiger partial charge in [0.15, 0.2) is 0 Å². The molecule has 0 bridgehead atoms. The zero-order valence-corrected chi connectivity index (χ0v) is 18.7. The van der Waals surface area contributed by atoms with Crippen molar-refractivity contribution in [2.45, 2.75) is 53.0 Å². The third kappa shape index (κ3) is 6.28. The van der Waals surface area contributed by atoms with Crippen LogP contribution in [0.5, 0.6) is 0 Å². The highest BCUT2D eigenvalue weighted by atomic mass is 32.1. The van der Waals surface area contributed by atoms with Crippen LogP contribution in [0.25, 0.3) is 6.08 Å². The number of amides is 1. The maximum absolute atomic E-state index is 12.4. The van der Waals surface area contributed by atoms with Crippen LogP contribution >= 0.6 is 11.3 Å². The molecule has 1 N–H and O–H groups in total. The summed E-state index contributed by atoms with van der Waals surface area (Å²) in [6.07, 6.45) is 4.40. The number of nitrogens with zero attached hydrogens (tertiary/aromatic N) is 3. The summed E-state index contributed by atoms with van der Waals surface area (Å²) in [6.45, 7) is 9.25. The molecule has 2 aromatic heterocycles. The number of carbonyl (C=O) groups is 1. The number of carbonyl (C=O) groups excluding carboxylic acids is 1. The number of methoxy groups -OCH3 is 1. The smallest absolute Gasteiger partial charge is 0.261 e. The lowest BCUT2D eigenvalue weighted by Crippen LogP contribution is -2.25. The number of unbranched alkanes of at least 4 members (excludes halogenated alkanes) is 1. The second-order valence-electron chi connectivity index (χ2n) is 7.27. The van der Waals surface area contributed by atoms with Gasteiger partial charge in [0.25, 0.3) is 5.91 Å². The average Bonchev–Trinajstić information content (AvgIpc) is 3.21. The fourth-order valence-electron chi connectivity index (χ4n) is 3.46. The first-order valence-electron chi connectivity index (χ1n) is 9.85. The van der Waals surface area contributed by atoms with Gasteiger partial charge in [-0.15, -0.1) is 11.3 Å². The molecule has 2 rings (SSSR count). The largest absolute Gasteiger partial charge is 0.383 e. The number of aryl methyl sites for hydroxylation is 3. The second-order valence-corrected chi connectivity index (χ2v) is 8.21. The van der Waals surface area contributed by atoms with Crippen molar-refractivity contribution in [2.24, 2.45) is 0 Å². The van der Waals surface area contributed by atoms with Crippen molar-refractivity contribution in [3.05, 3.63) is 44.7 Å². The summed E-state index contributed by atoms with van der Waals surface area (Å²) in [7, 11) is 1.68. The summed E-state index contributed by atoms with van der Waals surface area (Å²) in [6, 6.07) is 4.22. The van der Waals surface area contributed by atoms with Gasteiger partial charge in [0, 0.05) is 36.1 Å². The van der Waals surface area contributed by atoms with E-state index < -0.39 is 0 Å². The molecule has 0 radical (unpaired) electrons. The average molecular weight is 415 g/mol. The van der Waals surface area contributed by atoms with E-state index in [0.717, 1.165) is 46.9 Å². The molecular formula is C22H30N4O2S. The summed E-state index contributed by atoms with van der Waals surface area (Å²) in [4.78, 5) is 16.9. The third-order valence-corrected chi connectivity index (χ3v) is 5.83. The Bertz CT molecular complexity index is 905. The summed E-state index contributed by atoms with van der Waals surface area (Å²) in [5.41, 5.74) is 4.16. The first-order valence-corrected chi connectivity index (χ1v) is 10.7. The monoisotopic (exact) mass is 414 g/mol. The lowest BCUT2D eigenvalue weighted by Gasteiger charge is -2.17. The molecule has 1 unspecified atom stereocenters. The van der Waals surface area contributed by atoms with Crippen LogP contribution < -0.4 is 5.32 Å². The van der Waals surface area contributed by atoms with Crippen molar-refractivity contribution in [2.75, 3.05) is 20.3 Å². The van der Waals surface area contributed by atoms with E-state index in [0.29, 0.717) is 13.2 Å². The molecule has 6 nitrogen and oxygen atoms in total. The van der Waals surface area contributed by atoms with E-state index in [2.05, 4.69) is 21.8 Å². The Kier molecular flexibility index (Phi) is 8.62. The Morgan fingerprint density at radius 1 is 1.41 bits per heavy atom. The van der Waals surface area contributed by atoms with Gasteiger partial charge in [-0.2, -0.15) is 5.26 Å². The Morgan fingerprint density at radius 3 is 2.79 bits per heavy atom. The second kappa shape index (κ2) is 10.9. The predicted octanol–water partition coefficient (Wildman–Crippen LogP) is 4.12. The van der Waals surface area contributed by atoms with Crippen LogP contribution in [0.15, 0.2) is 17.0 Å². The molecule has 7 heteroatoms. The number of ether oxygens (including phenoxy) is 1. The highest BCUT2D eigenvalue weighted by molar-refractivity contribution is 7.09. The highest BCUT2D eigenvalue weighted by Gasteiger charge is 2.15. The van der Waals surface area contributed by atoms with E-state index in [-0.39, 0.29) is 17.5 Å². The van der Waals surface area contributed by atoms with E-state index in [9.17, 15) is 10.1 Å². The molecule has 2 aromatic rings. The van der Waals surface area contributed by atoms with E-state index in [4.69, 9.17) is 4.74 Å². The van der Waals surface area contributed by atoms with Gasteiger partial charge in [-0.25, -0.2) is 4.98 Å². The molecule has 0 aliphatic carbocycles. The SMILES string of the molecule is COCC(C)n1c(C)cc(/C=C(\C#N)C(=O)NCCCCc2nc(C)cs2)c1C. The van der Waals surface area contributed by atoms with Crippen LogP contribution in [0.3, 0.4) is 0 Å². The lowest BCUT2D eigenvalue weighted by atomic mass is 10.1. The predicted molar refractivity (Wildman–Crippen MR) is 117 cm³/mol. The van der Waals surface area contributed by atoms with Crippen molar-refractivity contribution >= 4 is 23.3 Å². The topological polar surface area (TPSA) is 79.9 Å². The maximum Gasteiger partial charge on any atom is 0.261 e. The number of thiazole rings is 1. The normalized spacial score (nSPS) is 12.6. The summed E-state index contributed by atoms with van der Waals surface area (Å²) < 4.78 is 7.42. The Balaban J connectivity index is 1.94. The standard InChI is InChI=1S/C22H30N4O2S/c1-15-14-29-21(25-15)8-6-7-9-24-22(27)20(12-23)11-19-10-16(2)26(18(19)4)17(3)13-28-5/h10-11,14,17H,6-9,13H2,1-5H3,(H,24,27)/b20-11+. The summed E-state index contributed by atoms with van der Waals surface area (Å²) in [5, 5.41) is 15.5. The van der Waals surface area contributed by atoms with Crippen molar-refractivity contribution in [3.8, 4) is 6.07 Å². The van der Waals surface area contributed by atoms with Crippen LogP contribution in [0.2, 0.25) is 0 Å². The van der Waals surface area contributed by atoms with Crippen molar-refractivity contribution in [1.82, 2.24) is 14.9 Å². The quantitative estimate of drug-likeness (QED) is 0.360.